The Morgan fingerprint density at radius 2 is 1.83 bits per heavy atom. The molecule has 0 radical (unpaired) electrons. The van der Waals surface area contributed by atoms with Gasteiger partial charge in [0.2, 0.25) is 0 Å². The van der Waals surface area contributed by atoms with Gasteiger partial charge < -0.3 is 9.47 Å². The Hall–Kier alpha value is -1.74. The summed E-state index contributed by atoms with van der Waals surface area (Å²) < 4.78 is 23.8. The molecule has 0 bridgehead atoms. The fourth-order valence-corrected chi connectivity index (χ4v) is 1.66. The molecular formula is C14H12ClFO2. The molecule has 4 heteroatoms. The largest absolute Gasteiger partial charge is 0.493 e. The topological polar surface area (TPSA) is 18.5 Å². The van der Waals surface area contributed by atoms with Crippen LogP contribution < -0.4 is 9.47 Å². The van der Waals surface area contributed by atoms with E-state index < -0.39 is 0 Å². The molecule has 0 unspecified atom stereocenters. The summed E-state index contributed by atoms with van der Waals surface area (Å²) in [6.07, 6.45) is 0. The van der Waals surface area contributed by atoms with Crippen LogP contribution >= 0.6 is 11.6 Å². The smallest absolute Gasteiger partial charge is 0.172 e. The zero-order valence-electron chi connectivity index (χ0n) is 10.0. The third kappa shape index (κ3) is 2.74. The highest BCUT2D eigenvalue weighted by Crippen LogP contribution is 2.33. The molecule has 18 heavy (non-hydrogen) atoms. The Morgan fingerprint density at radius 1 is 1.06 bits per heavy atom. The van der Waals surface area contributed by atoms with Gasteiger partial charge in [-0.2, -0.15) is 0 Å². The molecule has 0 fully saturated rings. The van der Waals surface area contributed by atoms with Crippen molar-refractivity contribution in [2.24, 2.45) is 0 Å². The summed E-state index contributed by atoms with van der Waals surface area (Å²) >= 11 is 6.00. The summed E-state index contributed by atoms with van der Waals surface area (Å²) in [5.41, 5.74) is 0.954. The predicted molar refractivity (Wildman–Crippen MR) is 69.2 cm³/mol. The highest BCUT2D eigenvalue weighted by atomic mass is 35.5. The lowest BCUT2D eigenvalue weighted by atomic mass is 10.2. The average Bonchev–Trinajstić information content (AvgIpc) is 2.34. The van der Waals surface area contributed by atoms with E-state index in [1.54, 1.807) is 12.1 Å². The molecule has 2 nitrogen and oxygen atoms in total. The van der Waals surface area contributed by atoms with Crippen molar-refractivity contribution in [3.8, 4) is 17.2 Å². The average molecular weight is 267 g/mol. The molecule has 0 heterocycles. The molecule has 0 aliphatic carbocycles. The molecule has 94 valence electrons. The summed E-state index contributed by atoms with van der Waals surface area (Å²) in [7, 11) is 1.50. The minimum atomic E-state index is -0.385. The predicted octanol–water partition coefficient (Wildman–Crippen LogP) is 4.59. The monoisotopic (exact) mass is 266 g/mol. The van der Waals surface area contributed by atoms with E-state index in [-0.39, 0.29) is 5.82 Å². The maximum Gasteiger partial charge on any atom is 0.172 e. The van der Waals surface area contributed by atoms with Crippen LogP contribution in [0.15, 0.2) is 36.4 Å². The number of hydrogen-bond acceptors (Lipinski definition) is 2. The van der Waals surface area contributed by atoms with Crippen LogP contribution in [0.5, 0.6) is 17.2 Å². The van der Waals surface area contributed by atoms with E-state index in [2.05, 4.69) is 0 Å². The van der Waals surface area contributed by atoms with Gasteiger partial charge in [-0.15, -0.1) is 0 Å². The summed E-state index contributed by atoms with van der Waals surface area (Å²) in [5.74, 6) is 0.934. The number of halogens is 2. The van der Waals surface area contributed by atoms with Crippen LogP contribution in [0.3, 0.4) is 0 Å². The summed E-state index contributed by atoms with van der Waals surface area (Å²) in [5, 5.41) is 0.600. The lowest BCUT2D eigenvalue weighted by Crippen LogP contribution is -1.91. The summed E-state index contributed by atoms with van der Waals surface area (Å²) in [6, 6.07) is 9.39. The molecule has 0 amide bonds. The van der Waals surface area contributed by atoms with Crippen molar-refractivity contribution in [1.29, 1.82) is 0 Å². The molecule has 0 spiro atoms. The maximum absolute atomic E-state index is 13.2. The second-order valence-electron chi connectivity index (χ2n) is 3.81. The first-order valence-electron chi connectivity index (χ1n) is 5.37. The molecule has 0 N–H and O–H groups in total. The Bertz CT molecular complexity index is 570. The highest BCUT2D eigenvalue weighted by molar-refractivity contribution is 6.31. The van der Waals surface area contributed by atoms with Crippen molar-refractivity contribution in [3.05, 3.63) is 52.8 Å². The van der Waals surface area contributed by atoms with Crippen molar-refractivity contribution in [1.82, 2.24) is 0 Å². The van der Waals surface area contributed by atoms with Gasteiger partial charge in [-0.05, 0) is 36.8 Å². The number of rotatable bonds is 3. The third-order valence-electron chi connectivity index (χ3n) is 2.50. The third-order valence-corrected chi connectivity index (χ3v) is 2.90. The first-order valence-corrected chi connectivity index (χ1v) is 5.75. The quantitative estimate of drug-likeness (QED) is 0.809. The van der Waals surface area contributed by atoms with Crippen molar-refractivity contribution < 1.29 is 13.9 Å². The van der Waals surface area contributed by atoms with Gasteiger partial charge >= 0.3 is 0 Å². The van der Waals surface area contributed by atoms with Gasteiger partial charge in [0.15, 0.2) is 11.5 Å². The van der Waals surface area contributed by atoms with Gasteiger partial charge in [-0.1, -0.05) is 17.7 Å². The molecular weight excluding hydrogens is 255 g/mol. The van der Waals surface area contributed by atoms with Gasteiger partial charge in [0.1, 0.15) is 11.6 Å². The molecule has 2 aromatic carbocycles. The van der Waals surface area contributed by atoms with E-state index in [1.165, 1.54) is 25.3 Å². The van der Waals surface area contributed by atoms with E-state index in [9.17, 15) is 4.39 Å². The van der Waals surface area contributed by atoms with Crippen LogP contribution in [0, 0.1) is 12.7 Å². The fraction of sp³-hybridized carbons (Fsp3) is 0.143. The van der Waals surface area contributed by atoms with Crippen molar-refractivity contribution in [2.45, 2.75) is 6.92 Å². The molecule has 2 rings (SSSR count). The molecule has 0 aromatic heterocycles. The number of methoxy groups -OCH3 is 1. The van der Waals surface area contributed by atoms with Crippen molar-refractivity contribution in [3.63, 3.8) is 0 Å². The minimum Gasteiger partial charge on any atom is -0.493 e. The zero-order valence-corrected chi connectivity index (χ0v) is 10.8. The first-order chi connectivity index (χ1) is 8.60. The number of aryl methyl sites for hydroxylation is 1. The molecule has 0 saturated carbocycles. The maximum atomic E-state index is 13.2. The summed E-state index contributed by atoms with van der Waals surface area (Å²) in [6.45, 7) is 1.90. The minimum absolute atomic E-state index is 0.317. The van der Waals surface area contributed by atoms with E-state index >= 15 is 0 Å². The van der Waals surface area contributed by atoms with E-state index in [0.717, 1.165) is 5.56 Å². The SMILES string of the molecule is COc1ccc(F)cc1Oc1ccc(C)c(Cl)c1. The second kappa shape index (κ2) is 5.27. The van der Waals surface area contributed by atoms with Crippen LogP contribution in [0.4, 0.5) is 4.39 Å². The van der Waals surface area contributed by atoms with Gasteiger partial charge in [0.05, 0.1) is 7.11 Å². The van der Waals surface area contributed by atoms with Crippen LogP contribution in [-0.4, -0.2) is 7.11 Å². The summed E-state index contributed by atoms with van der Waals surface area (Å²) in [4.78, 5) is 0. The van der Waals surface area contributed by atoms with Gasteiger partial charge in [0, 0.05) is 11.1 Å². The normalized spacial score (nSPS) is 10.2. The molecule has 0 aliphatic heterocycles. The Morgan fingerprint density at radius 3 is 2.50 bits per heavy atom. The van der Waals surface area contributed by atoms with E-state index in [0.29, 0.717) is 22.3 Å². The Balaban J connectivity index is 2.33. The lowest BCUT2D eigenvalue weighted by molar-refractivity contribution is 0.376. The van der Waals surface area contributed by atoms with Crippen LogP contribution in [0.25, 0.3) is 0 Å². The molecule has 0 atom stereocenters. The molecule has 0 saturated heterocycles. The number of benzene rings is 2. The Labute approximate surface area is 110 Å². The van der Waals surface area contributed by atoms with Crippen molar-refractivity contribution >= 4 is 11.6 Å². The van der Waals surface area contributed by atoms with Crippen LogP contribution in [0.2, 0.25) is 5.02 Å². The van der Waals surface area contributed by atoms with Gasteiger partial charge in [0.25, 0.3) is 0 Å². The highest BCUT2D eigenvalue weighted by Gasteiger charge is 2.08. The van der Waals surface area contributed by atoms with Gasteiger partial charge in [-0.3, -0.25) is 0 Å². The second-order valence-corrected chi connectivity index (χ2v) is 4.22. The van der Waals surface area contributed by atoms with Crippen molar-refractivity contribution in [2.75, 3.05) is 7.11 Å². The first kappa shape index (κ1) is 12.7. The van der Waals surface area contributed by atoms with Gasteiger partial charge in [-0.25, -0.2) is 4.39 Å². The number of ether oxygens (including phenoxy) is 2. The van der Waals surface area contributed by atoms with Crippen LogP contribution in [-0.2, 0) is 0 Å². The molecule has 0 aliphatic rings. The zero-order chi connectivity index (χ0) is 13.1. The number of hydrogen-bond donors (Lipinski definition) is 0. The lowest BCUT2D eigenvalue weighted by Gasteiger charge is -2.11. The standard InChI is InChI=1S/C14H12ClFO2/c1-9-3-5-11(8-12(9)15)18-14-7-10(16)4-6-13(14)17-2/h3-8H,1-2H3. The molecule has 2 aromatic rings. The van der Waals surface area contributed by atoms with E-state index in [1.807, 2.05) is 13.0 Å². The Kier molecular flexibility index (Phi) is 3.72. The van der Waals surface area contributed by atoms with E-state index in [4.69, 9.17) is 21.1 Å². The van der Waals surface area contributed by atoms with Crippen LogP contribution in [0.1, 0.15) is 5.56 Å². The fourth-order valence-electron chi connectivity index (χ4n) is 1.49.